The summed E-state index contributed by atoms with van der Waals surface area (Å²) < 4.78 is 20.7. The number of rotatable bonds is 7. The van der Waals surface area contributed by atoms with Crippen LogP contribution in [0.3, 0.4) is 0 Å². The number of guanidine groups is 1. The van der Waals surface area contributed by atoms with Crippen molar-refractivity contribution >= 4 is 23.5 Å². The Labute approximate surface area is 204 Å². The van der Waals surface area contributed by atoms with Crippen LogP contribution < -0.4 is 10.6 Å². The first kappa shape index (κ1) is 25.6. The smallest absolute Gasteiger partial charge is 0.337 e. The second-order valence-electron chi connectivity index (χ2n) is 8.06. The average Bonchev–Trinajstić information content (AvgIpc) is 3.12. The number of nitrogens with zero attached hydrogens (tertiary/aromatic N) is 3. The van der Waals surface area contributed by atoms with Crippen molar-refractivity contribution < 1.29 is 18.7 Å². The number of hydrogen-bond donors (Lipinski definition) is 2. The number of aromatic nitrogens is 2. The molecule has 0 atom stereocenters. The van der Waals surface area contributed by atoms with Crippen LogP contribution in [0.2, 0.25) is 0 Å². The number of methoxy groups -OCH3 is 1. The Kier molecular flexibility index (Phi) is 8.35. The number of carbonyl (C=O) groups is 2. The van der Waals surface area contributed by atoms with Gasteiger partial charge in [0, 0.05) is 30.0 Å². The van der Waals surface area contributed by atoms with Crippen LogP contribution in [0.4, 0.5) is 10.1 Å². The van der Waals surface area contributed by atoms with E-state index in [1.54, 1.807) is 43.3 Å². The number of carbonyl (C=O) groups excluding carboxylic acids is 2. The third kappa shape index (κ3) is 6.32. The zero-order valence-electron chi connectivity index (χ0n) is 20.6. The number of anilines is 1. The van der Waals surface area contributed by atoms with Gasteiger partial charge in [0.2, 0.25) is 5.96 Å². The molecule has 3 rings (SSSR count). The first-order chi connectivity index (χ1) is 16.7. The van der Waals surface area contributed by atoms with E-state index in [1.807, 2.05) is 25.5 Å². The quantitative estimate of drug-likeness (QED) is 0.301. The van der Waals surface area contributed by atoms with E-state index in [-0.39, 0.29) is 11.5 Å². The number of ether oxygens (including phenoxy) is 1. The SMILES string of the molecule is CCn1nc(C)c(CCN=C(NC(=O)c2ccc(C)c(F)c2)Nc2cccc(C(=O)OC)c2)c1C. The molecule has 0 aliphatic rings. The summed E-state index contributed by atoms with van der Waals surface area (Å²) in [7, 11) is 1.31. The topological polar surface area (TPSA) is 97.6 Å². The van der Waals surface area contributed by atoms with Crippen molar-refractivity contribution in [2.75, 3.05) is 19.0 Å². The Morgan fingerprint density at radius 2 is 1.89 bits per heavy atom. The number of halogens is 1. The number of aryl methyl sites for hydroxylation is 3. The second-order valence-corrected chi connectivity index (χ2v) is 8.06. The molecule has 0 unspecified atom stereocenters. The van der Waals surface area contributed by atoms with Crippen molar-refractivity contribution in [1.29, 1.82) is 0 Å². The van der Waals surface area contributed by atoms with Gasteiger partial charge in [-0.05, 0) is 75.6 Å². The Bertz CT molecular complexity index is 1270. The Balaban J connectivity index is 1.84. The highest BCUT2D eigenvalue weighted by molar-refractivity contribution is 6.10. The van der Waals surface area contributed by atoms with Gasteiger partial charge in [0.15, 0.2) is 0 Å². The number of hydrogen-bond acceptors (Lipinski definition) is 5. The predicted molar refractivity (Wildman–Crippen MR) is 133 cm³/mol. The Morgan fingerprint density at radius 1 is 1.11 bits per heavy atom. The molecule has 35 heavy (non-hydrogen) atoms. The van der Waals surface area contributed by atoms with Crippen LogP contribution in [0.5, 0.6) is 0 Å². The number of aliphatic imine (C=N–C) groups is 1. The van der Waals surface area contributed by atoms with Crippen molar-refractivity contribution in [3.63, 3.8) is 0 Å². The maximum atomic E-state index is 14.0. The third-order valence-electron chi connectivity index (χ3n) is 5.67. The van der Waals surface area contributed by atoms with Gasteiger partial charge in [0.25, 0.3) is 5.91 Å². The summed E-state index contributed by atoms with van der Waals surface area (Å²) in [5.74, 6) is -1.28. The summed E-state index contributed by atoms with van der Waals surface area (Å²) in [6.45, 7) is 8.80. The predicted octanol–water partition coefficient (Wildman–Crippen LogP) is 4.19. The molecule has 0 saturated heterocycles. The molecule has 3 aromatic rings. The van der Waals surface area contributed by atoms with E-state index in [4.69, 9.17) is 4.74 Å². The molecule has 8 nitrogen and oxygen atoms in total. The molecule has 1 heterocycles. The molecule has 2 aromatic carbocycles. The van der Waals surface area contributed by atoms with Crippen LogP contribution >= 0.6 is 0 Å². The van der Waals surface area contributed by atoms with Gasteiger partial charge in [0.05, 0.1) is 18.4 Å². The van der Waals surface area contributed by atoms with Gasteiger partial charge in [-0.25, -0.2) is 9.18 Å². The summed E-state index contributed by atoms with van der Waals surface area (Å²) >= 11 is 0. The van der Waals surface area contributed by atoms with Crippen molar-refractivity contribution in [2.45, 2.75) is 40.7 Å². The zero-order valence-corrected chi connectivity index (χ0v) is 20.6. The lowest BCUT2D eigenvalue weighted by Gasteiger charge is -2.13. The summed E-state index contributed by atoms with van der Waals surface area (Å²) in [6.07, 6.45) is 0.625. The fourth-order valence-electron chi connectivity index (χ4n) is 3.69. The fraction of sp³-hybridized carbons (Fsp3) is 0.308. The zero-order chi connectivity index (χ0) is 25.5. The maximum absolute atomic E-state index is 14.0. The molecular formula is C26H30FN5O3. The van der Waals surface area contributed by atoms with Gasteiger partial charge < -0.3 is 10.1 Å². The largest absolute Gasteiger partial charge is 0.465 e. The minimum atomic E-state index is -0.509. The molecule has 0 aliphatic carbocycles. The molecule has 0 bridgehead atoms. The lowest BCUT2D eigenvalue weighted by molar-refractivity contribution is 0.0600. The fourth-order valence-corrected chi connectivity index (χ4v) is 3.69. The van der Waals surface area contributed by atoms with E-state index in [2.05, 4.69) is 20.7 Å². The van der Waals surface area contributed by atoms with Crippen molar-refractivity contribution in [1.82, 2.24) is 15.1 Å². The first-order valence-electron chi connectivity index (χ1n) is 11.3. The minimum Gasteiger partial charge on any atom is -0.465 e. The van der Waals surface area contributed by atoms with Crippen LogP contribution in [-0.2, 0) is 17.7 Å². The van der Waals surface area contributed by atoms with Gasteiger partial charge in [-0.1, -0.05) is 12.1 Å². The highest BCUT2D eigenvalue weighted by Gasteiger charge is 2.14. The lowest BCUT2D eigenvalue weighted by Crippen LogP contribution is -2.36. The highest BCUT2D eigenvalue weighted by Crippen LogP contribution is 2.15. The molecule has 2 N–H and O–H groups in total. The van der Waals surface area contributed by atoms with Crippen LogP contribution in [-0.4, -0.2) is 41.3 Å². The molecule has 184 valence electrons. The molecule has 1 amide bonds. The summed E-state index contributed by atoms with van der Waals surface area (Å²) in [4.78, 5) is 29.3. The maximum Gasteiger partial charge on any atom is 0.337 e. The standard InChI is InChI=1S/C26H30FN5O3/c1-6-32-18(4)22(17(3)31-32)12-13-28-26(29-21-9-7-8-20(14-21)25(34)35-5)30-24(33)19-11-10-16(2)23(27)15-19/h7-11,14-15H,6,12-13H2,1-5H3,(H2,28,29,30,33). The van der Waals surface area contributed by atoms with E-state index in [0.717, 1.165) is 23.5 Å². The van der Waals surface area contributed by atoms with Crippen LogP contribution in [0, 0.1) is 26.6 Å². The van der Waals surface area contributed by atoms with Crippen molar-refractivity contribution in [3.05, 3.63) is 81.9 Å². The molecule has 0 spiro atoms. The Hall–Kier alpha value is -4.01. The number of esters is 1. The van der Waals surface area contributed by atoms with Crippen molar-refractivity contribution in [2.24, 2.45) is 4.99 Å². The molecule has 9 heteroatoms. The summed E-state index contributed by atoms with van der Waals surface area (Å²) in [5, 5.41) is 10.3. The van der Waals surface area contributed by atoms with Gasteiger partial charge in [-0.3, -0.25) is 19.8 Å². The summed E-state index contributed by atoms with van der Waals surface area (Å²) in [5.41, 5.74) is 4.64. The van der Waals surface area contributed by atoms with Gasteiger partial charge in [-0.15, -0.1) is 0 Å². The molecule has 0 aliphatic heterocycles. The highest BCUT2D eigenvalue weighted by atomic mass is 19.1. The molecule has 0 radical (unpaired) electrons. The summed E-state index contributed by atoms with van der Waals surface area (Å²) in [6, 6.07) is 10.9. The Morgan fingerprint density at radius 3 is 2.54 bits per heavy atom. The first-order valence-corrected chi connectivity index (χ1v) is 11.3. The third-order valence-corrected chi connectivity index (χ3v) is 5.67. The van der Waals surface area contributed by atoms with Gasteiger partial charge in [0.1, 0.15) is 5.82 Å². The van der Waals surface area contributed by atoms with Crippen LogP contribution in [0.25, 0.3) is 0 Å². The van der Waals surface area contributed by atoms with E-state index < -0.39 is 17.7 Å². The molecular weight excluding hydrogens is 449 g/mol. The van der Waals surface area contributed by atoms with Gasteiger partial charge in [-0.2, -0.15) is 5.10 Å². The van der Waals surface area contributed by atoms with E-state index >= 15 is 0 Å². The minimum absolute atomic E-state index is 0.168. The van der Waals surface area contributed by atoms with E-state index in [0.29, 0.717) is 29.8 Å². The van der Waals surface area contributed by atoms with Crippen molar-refractivity contribution in [3.8, 4) is 0 Å². The lowest BCUT2D eigenvalue weighted by atomic mass is 10.1. The van der Waals surface area contributed by atoms with E-state index in [9.17, 15) is 14.0 Å². The monoisotopic (exact) mass is 479 g/mol. The van der Waals surface area contributed by atoms with Crippen LogP contribution in [0.15, 0.2) is 47.5 Å². The van der Waals surface area contributed by atoms with Crippen LogP contribution in [0.1, 0.15) is 50.2 Å². The van der Waals surface area contributed by atoms with Gasteiger partial charge >= 0.3 is 5.97 Å². The van der Waals surface area contributed by atoms with E-state index in [1.165, 1.54) is 13.2 Å². The number of amides is 1. The normalized spacial score (nSPS) is 11.3. The second kappa shape index (κ2) is 11.4. The molecule has 1 aromatic heterocycles. The number of nitrogens with one attached hydrogen (secondary N) is 2. The number of benzene rings is 2. The molecule has 0 fully saturated rings. The molecule has 0 saturated carbocycles. The average molecular weight is 480 g/mol.